The molecule has 7 nitrogen and oxygen atoms in total. The first-order chi connectivity index (χ1) is 18.2. The molecule has 0 saturated heterocycles. The highest BCUT2D eigenvalue weighted by molar-refractivity contribution is 6.16. The molecule has 1 aliphatic rings. The molecular weight excluding hydrogens is 478 g/mol. The summed E-state index contributed by atoms with van der Waals surface area (Å²) in [5.41, 5.74) is 3.74. The average Bonchev–Trinajstić information content (AvgIpc) is 2.89. The summed E-state index contributed by atoms with van der Waals surface area (Å²) in [5, 5.41) is 5.63. The minimum atomic E-state index is -1.01. The van der Waals surface area contributed by atoms with E-state index in [4.69, 9.17) is 4.74 Å². The lowest BCUT2D eigenvalue weighted by Crippen LogP contribution is -2.52. The summed E-state index contributed by atoms with van der Waals surface area (Å²) in [6, 6.07) is 21.1. The van der Waals surface area contributed by atoms with Crippen LogP contribution in [0.2, 0.25) is 0 Å². The Bertz CT molecular complexity index is 1340. The molecule has 196 valence electrons. The van der Waals surface area contributed by atoms with Crippen LogP contribution in [0.4, 0.5) is 17.1 Å². The normalized spacial score (nSPS) is 15.1. The molecule has 1 aliphatic heterocycles. The monoisotopic (exact) mass is 511 g/mol. The topological polar surface area (TPSA) is 87.7 Å². The van der Waals surface area contributed by atoms with Gasteiger partial charge in [0.1, 0.15) is 11.8 Å². The fraction of sp³-hybridized carbons (Fsp3) is 0.258. The smallest absolute Gasteiger partial charge is 0.251 e. The number of nitrogens with zero attached hydrogens (tertiary/aromatic N) is 1. The van der Waals surface area contributed by atoms with Gasteiger partial charge in [-0.15, -0.1) is 0 Å². The van der Waals surface area contributed by atoms with Crippen molar-refractivity contribution in [2.75, 3.05) is 22.1 Å². The number of nitrogens with one attached hydrogen (secondary N) is 2. The van der Waals surface area contributed by atoms with E-state index in [1.165, 1.54) is 16.5 Å². The van der Waals surface area contributed by atoms with Gasteiger partial charge in [0.25, 0.3) is 5.91 Å². The molecule has 0 radical (unpaired) electrons. The van der Waals surface area contributed by atoms with E-state index in [1.54, 1.807) is 54.6 Å². The first kappa shape index (κ1) is 26.7. The van der Waals surface area contributed by atoms with Crippen molar-refractivity contribution < 1.29 is 19.1 Å². The highest BCUT2D eigenvalue weighted by Gasteiger charge is 2.37. The molecule has 3 aromatic carbocycles. The van der Waals surface area contributed by atoms with Gasteiger partial charge in [-0.2, -0.15) is 0 Å². The van der Waals surface area contributed by atoms with E-state index in [0.29, 0.717) is 29.4 Å². The third kappa shape index (κ3) is 6.29. The SMILES string of the molecule is CCOc1ccc(NC(=O)CC2C(=O)Nc3ccccc3N2C(=O)/C=C/c2ccc(C(C)(C)C)cc2)cc1. The zero-order chi connectivity index (χ0) is 27.3. The molecule has 0 aliphatic carbocycles. The first-order valence-corrected chi connectivity index (χ1v) is 12.7. The predicted molar refractivity (Wildman–Crippen MR) is 151 cm³/mol. The number of carbonyl (C=O) groups is 3. The van der Waals surface area contributed by atoms with Crippen molar-refractivity contribution in [3.63, 3.8) is 0 Å². The molecule has 4 rings (SSSR count). The van der Waals surface area contributed by atoms with Crippen molar-refractivity contribution in [2.24, 2.45) is 0 Å². The van der Waals surface area contributed by atoms with Gasteiger partial charge >= 0.3 is 0 Å². The Kier molecular flexibility index (Phi) is 7.96. The summed E-state index contributed by atoms with van der Waals surface area (Å²) in [5.74, 6) is -0.480. The van der Waals surface area contributed by atoms with Gasteiger partial charge in [0.05, 0.1) is 24.4 Å². The number of hydrogen-bond acceptors (Lipinski definition) is 4. The lowest BCUT2D eigenvalue weighted by atomic mass is 9.87. The van der Waals surface area contributed by atoms with Crippen LogP contribution >= 0.6 is 0 Å². The maximum atomic E-state index is 13.5. The van der Waals surface area contributed by atoms with Gasteiger partial charge in [-0.1, -0.05) is 57.2 Å². The van der Waals surface area contributed by atoms with Gasteiger partial charge in [0, 0.05) is 11.8 Å². The standard InChI is InChI=1S/C31H33N3O4/c1-5-38-24-17-15-23(16-18-24)32-28(35)20-27-30(37)33-25-8-6-7-9-26(25)34(27)29(36)19-12-21-10-13-22(14-11-21)31(2,3)4/h6-19,27H,5,20H2,1-4H3,(H,32,35)(H,33,37)/b19-12+. The molecule has 3 aromatic rings. The lowest BCUT2D eigenvalue weighted by molar-refractivity contribution is -0.124. The van der Waals surface area contributed by atoms with E-state index in [-0.39, 0.29) is 23.7 Å². The second-order valence-corrected chi connectivity index (χ2v) is 10.1. The molecular formula is C31H33N3O4. The van der Waals surface area contributed by atoms with Crippen molar-refractivity contribution in [1.82, 2.24) is 0 Å². The van der Waals surface area contributed by atoms with E-state index in [9.17, 15) is 14.4 Å². The Labute approximate surface area is 223 Å². The Morgan fingerprint density at radius 2 is 1.68 bits per heavy atom. The molecule has 7 heteroatoms. The van der Waals surface area contributed by atoms with Gasteiger partial charge in [-0.05, 0) is 65.9 Å². The molecule has 0 spiro atoms. The second-order valence-electron chi connectivity index (χ2n) is 10.1. The molecule has 2 N–H and O–H groups in total. The Morgan fingerprint density at radius 1 is 1.00 bits per heavy atom. The number of carbonyl (C=O) groups excluding carboxylic acids is 3. The average molecular weight is 512 g/mol. The van der Waals surface area contributed by atoms with Crippen LogP contribution in [0.25, 0.3) is 6.08 Å². The van der Waals surface area contributed by atoms with E-state index >= 15 is 0 Å². The quantitative estimate of drug-likeness (QED) is 0.394. The van der Waals surface area contributed by atoms with Crippen LogP contribution in [0.3, 0.4) is 0 Å². The van der Waals surface area contributed by atoms with Gasteiger partial charge in [0.15, 0.2) is 0 Å². The molecule has 1 unspecified atom stereocenters. The minimum absolute atomic E-state index is 0.0298. The summed E-state index contributed by atoms with van der Waals surface area (Å²) in [6.07, 6.45) is 2.97. The summed E-state index contributed by atoms with van der Waals surface area (Å²) in [6.45, 7) is 8.88. The van der Waals surface area contributed by atoms with Gasteiger partial charge in [0.2, 0.25) is 11.8 Å². The van der Waals surface area contributed by atoms with E-state index in [0.717, 1.165) is 5.56 Å². The van der Waals surface area contributed by atoms with Gasteiger partial charge in [-0.25, -0.2) is 0 Å². The zero-order valence-corrected chi connectivity index (χ0v) is 22.2. The second kappa shape index (κ2) is 11.3. The minimum Gasteiger partial charge on any atom is -0.494 e. The van der Waals surface area contributed by atoms with E-state index in [2.05, 4.69) is 31.4 Å². The largest absolute Gasteiger partial charge is 0.494 e. The van der Waals surface area contributed by atoms with Crippen molar-refractivity contribution in [3.05, 3.63) is 90.0 Å². The van der Waals surface area contributed by atoms with Crippen molar-refractivity contribution in [1.29, 1.82) is 0 Å². The highest BCUT2D eigenvalue weighted by Crippen LogP contribution is 2.33. The molecule has 0 saturated carbocycles. The van der Waals surface area contributed by atoms with Crippen LogP contribution < -0.4 is 20.3 Å². The number of fused-ring (bicyclic) bond motifs is 1. The fourth-order valence-electron chi connectivity index (χ4n) is 4.28. The maximum absolute atomic E-state index is 13.5. The molecule has 38 heavy (non-hydrogen) atoms. The molecule has 1 heterocycles. The lowest BCUT2D eigenvalue weighted by Gasteiger charge is -2.35. The summed E-state index contributed by atoms with van der Waals surface area (Å²) < 4.78 is 5.43. The van der Waals surface area contributed by atoms with Crippen LogP contribution in [0.15, 0.2) is 78.9 Å². The van der Waals surface area contributed by atoms with Gasteiger partial charge in [-0.3, -0.25) is 19.3 Å². The third-order valence-electron chi connectivity index (χ3n) is 6.30. The number of anilines is 3. The molecule has 1 atom stereocenters. The molecule has 0 fully saturated rings. The van der Waals surface area contributed by atoms with Crippen molar-refractivity contribution in [2.45, 2.75) is 45.6 Å². The highest BCUT2D eigenvalue weighted by atomic mass is 16.5. The predicted octanol–water partition coefficient (Wildman–Crippen LogP) is 5.78. The molecule has 0 bridgehead atoms. The zero-order valence-electron chi connectivity index (χ0n) is 22.2. The van der Waals surface area contributed by atoms with Gasteiger partial charge < -0.3 is 15.4 Å². The van der Waals surface area contributed by atoms with Crippen LogP contribution in [0.5, 0.6) is 5.75 Å². The summed E-state index contributed by atoms with van der Waals surface area (Å²) in [7, 11) is 0. The van der Waals surface area contributed by atoms with Crippen LogP contribution in [-0.4, -0.2) is 30.4 Å². The van der Waals surface area contributed by atoms with Crippen LogP contribution in [0.1, 0.15) is 45.2 Å². The van der Waals surface area contributed by atoms with E-state index < -0.39 is 11.9 Å². The van der Waals surface area contributed by atoms with Crippen molar-refractivity contribution in [3.8, 4) is 5.75 Å². The Balaban J connectivity index is 1.54. The van der Waals surface area contributed by atoms with Crippen molar-refractivity contribution >= 4 is 40.9 Å². The number of rotatable bonds is 7. The number of amides is 3. The maximum Gasteiger partial charge on any atom is 0.251 e. The fourth-order valence-corrected chi connectivity index (χ4v) is 4.28. The third-order valence-corrected chi connectivity index (χ3v) is 6.30. The number of hydrogen-bond donors (Lipinski definition) is 2. The summed E-state index contributed by atoms with van der Waals surface area (Å²) >= 11 is 0. The van der Waals surface area contributed by atoms with Crippen LogP contribution in [0, 0.1) is 0 Å². The number of ether oxygens (including phenoxy) is 1. The Morgan fingerprint density at radius 3 is 2.34 bits per heavy atom. The molecule has 3 amide bonds. The summed E-state index contributed by atoms with van der Waals surface area (Å²) in [4.78, 5) is 40.9. The number of para-hydroxylation sites is 2. The number of benzene rings is 3. The first-order valence-electron chi connectivity index (χ1n) is 12.7. The Hall–Kier alpha value is -4.39. The van der Waals surface area contributed by atoms with E-state index in [1.807, 2.05) is 31.2 Å². The van der Waals surface area contributed by atoms with Crippen LogP contribution in [-0.2, 0) is 19.8 Å². The molecule has 0 aromatic heterocycles.